The summed E-state index contributed by atoms with van der Waals surface area (Å²) in [5.41, 5.74) is 0.703. The van der Waals surface area contributed by atoms with Crippen LogP contribution in [-0.2, 0) is 19.7 Å². The van der Waals surface area contributed by atoms with Gasteiger partial charge in [0.2, 0.25) is 5.43 Å². The lowest BCUT2D eigenvalue weighted by atomic mass is 10.2. The molecular weight excluding hydrogens is 244 g/mol. The number of aliphatic hydroxyl groups is 1. The van der Waals surface area contributed by atoms with Crippen LogP contribution < -0.4 is 5.43 Å². The zero-order valence-electron chi connectivity index (χ0n) is 12.0. The van der Waals surface area contributed by atoms with Gasteiger partial charge in [0.05, 0.1) is 12.3 Å². The molecule has 0 aliphatic carbocycles. The van der Waals surface area contributed by atoms with Gasteiger partial charge in [-0.05, 0) is 26.9 Å². The number of aliphatic hydroxyl groups excluding tert-OH is 1. The Morgan fingerprint density at radius 1 is 1.37 bits per heavy atom. The van der Waals surface area contributed by atoms with Crippen LogP contribution in [0, 0.1) is 0 Å². The molecule has 0 aromatic carbocycles. The van der Waals surface area contributed by atoms with Gasteiger partial charge in [-0.15, -0.1) is 0 Å². The van der Waals surface area contributed by atoms with E-state index in [1.807, 2.05) is 14.0 Å². The van der Waals surface area contributed by atoms with E-state index in [1.165, 1.54) is 6.07 Å². The highest BCUT2D eigenvalue weighted by Gasteiger charge is 2.15. The van der Waals surface area contributed by atoms with Gasteiger partial charge in [-0.3, -0.25) is 4.79 Å². The average Bonchev–Trinajstić information content (AvgIpc) is 2.41. The van der Waals surface area contributed by atoms with Crippen molar-refractivity contribution in [2.75, 3.05) is 13.6 Å². The normalized spacial score (nSPS) is 11.2. The third-order valence-electron chi connectivity index (χ3n) is 3.27. The summed E-state index contributed by atoms with van der Waals surface area (Å²) in [6.45, 7) is 5.88. The monoisotopic (exact) mass is 268 g/mol. The minimum absolute atomic E-state index is 0.199. The minimum atomic E-state index is -0.423. The van der Waals surface area contributed by atoms with Crippen LogP contribution in [0.4, 0.5) is 0 Å². The number of hydrogen-bond acceptors (Lipinski definition) is 4. The summed E-state index contributed by atoms with van der Waals surface area (Å²) < 4.78 is 1.80. The Kier molecular flexibility index (Phi) is 6.05. The van der Waals surface area contributed by atoms with Gasteiger partial charge < -0.3 is 19.7 Å². The molecule has 0 spiro atoms. The summed E-state index contributed by atoms with van der Waals surface area (Å²) in [7, 11) is 1.96. The molecule has 0 amide bonds. The Morgan fingerprint density at radius 3 is 2.58 bits per heavy atom. The van der Waals surface area contributed by atoms with Crippen LogP contribution in [0.5, 0.6) is 5.75 Å². The molecule has 19 heavy (non-hydrogen) atoms. The molecule has 0 saturated heterocycles. The Bertz CT molecular complexity index is 468. The second-order valence-corrected chi connectivity index (χ2v) is 4.79. The highest BCUT2D eigenvalue weighted by atomic mass is 16.3. The van der Waals surface area contributed by atoms with Crippen molar-refractivity contribution in [1.29, 1.82) is 0 Å². The molecular formula is C14H24N2O3. The number of nitrogens with zero attached hydrogens (tertiary/aromatic N) is 2. The Hall–Kier alpha value is -1.33. The summed E-state index contributed by atoms with van der Waals surface area (Å²) in [5.74, 6) is -0.206. The lowest BCUT2D eigenvalue weighted by molar-refractivity contribution is 0.261. The van der Waals surface area contributed by atoms with Crippen LogP contribution in [0.3, 0.4) is 0 Å². The molecule has 108 valence electrons. The molecule has 0 bridgehead atoms. The number of rotatable bonds is 7. The molecule has 0 aliphatic rings. The summed E-state index contributed by atoms with van der Waals surface area (Å²) >= 11 is 0. The summed E-state index contributed by atoms with van der Waals surface area (Å²) in [5, 5.41) is 19.3. The predicted octanol–water partition coefficient (Wildman–Crippen LogP) is 1.30. The van der Waals surface area contributed by atoms with E-state index in [2.05, 4.69) is 11.8 Å². The van der Waals surface area contributed by atoms with Crippen molar-refractivity contribution >= 4 is 0 Å². The van der Waals surface area contributed by atoms with E-state index >= 15 is 0 Å². The van der Waals surface area contributed by atoms with Crippen molar-refractivity contribution in [3.05, 3.63) is 27.7 Å². The first-order valence-corrected chi connectivity index (χ1v) is 6.79. The van der Waals surface area contributed by atoms with Crippen LogP contribution in [0.15, 0.2) is 10.9 Å². The Labute approximate surface area is 114 Å². The van der Waals surface area contributed by atoms with E-state index in [4.69, 9.17) is 0 Å². The molecule has 1 heterocycles. The van der Waals surface area contributed by atoms with Crippen molar-refractivity contribution in [2.24, 2.45) is 0 Å². The molecule has 1 aromatic heterocycles. The number of pyridine rings is 1. The van der Waals surface area contributed by atoms with Gasteiger partial charge in [0.25, 0.3) is 0 Å². The fraction of sp³-hybridized carbons (Fsp3) is 0.643. The number of aromatic hydroxyl groups is 1. The molecule has 5 nitrogen and oxygen atoms in total. The molecule has 0 saturated carbocycles. The predicted molar refractivity (Wildman–Crippen MR) is 75.2 cm³/mol. The van der Waals surface area contributed by atoms with Crippen LogP contribution in [0.2, 0.25) is 0 Å². The summed E-state index contributed by atoms with van der Waals surface area (Å²) in [4.78, 5) is 13.8. The highest BCUT2D eigenvalue weighted by molar-refractivity contribution is 5.30. The number of hydrogen-bond donors (Lipinski definition) is 2. The molecule has 5 heteroatoms. The maximum absolute atomic E-state index is 11.7. The fourth-order valence-electron chi connectivity index (χ4n) is 2.19. The molecule has 1 aromatic rings. The first-order chi connectivity index (χ1) is 9.04. The highest BCUT2D eigenvalue weighted by Crippen LogP contribution is 2.17. The molecule has 2 N–H and O–H groups in total. The Morgan fingerprint density at radius 2 is 2.05 bits per heavy atom. The largest absolute Gasteiger partial charge is 0.503 e. The van der Waals surface area contributed by atoms with Crippen molar-refractivity contribution in [3.63, 3.8) is 0 Å². The van der Waals surface area contributed by atoms with E-state index in [-0.39, 0.29) is 12.4 Å². The lowest BCUT2D eigenvalue weighted by Crippen LogP contribution is -2.25. The van der Waals surface area contributed by atoms with Gasteiger partial charge in [0, 0.05) is 24.8 Å². The van der Waals surface area contributed by atoms with Crippen LogP contribution >= 0.6 is 0 Å². The molecule has 0 aliphatic heterocycles. The first-order valence-electron chi connectivity index (χ1n) is 6.79. The molecule has 0 fully saturated rings. The molecule has 0 atom stereocenters. The number of aromatic nitrogens is 1. The topological polar surface area (TPSA) is 65.7 Å². The van der Waals surface area contributed by atoms with E-state index in [0.29, 0.717) is 24.5 Å². The van der Waals surface area contributed by atoms with E-state index in [0.717, 1.165) is 19.4 Å². The average molecular weight is 268 g/mol. The fourth-order valence-corrected chi connectivity index (χ4v) is 2.19. The standard InChI is InChI=1S/C14H24N2O3/c1-4-6-7-15(3)9-12-14(19)13(18)8-11(10-17)16(12)5-2/h8,17,19H,4-7,9-10H2,1-3H3. The Balaban J connectivity index is 3.10. The van der Waals surface area contributed by atoms with Gasteiger partial charge in [-0.2, -0.15) is 0 Å². The summed E-state index contributed by atoms with van der Waals surface area (Å²) in [6.07, 6.45) is 2.18. The van der Waals surface area contributed by atoms with Gasteiger partial charge in [-0.25, -0.2) is 0 Å². The quantitative estimate of drug-likeness (QED) is 0.782. The smallest absolute Gasteiger partial charge is 0.223 e. The van der Waals surface area contributed by atoms with Gasteiger partial charge in [0.15, 0.2) is 5.75 Å². The van der Waals surface area contributed by atoms with Gasteiger partial charge in [0.1, 0.15) is 0 Å². The maximum atomic E-state index is 11.7. The SMILES string of the molecule is CCCCN(C)Cc1c(O)c(=O)cc(CO)n1CC. The lowest BCUT2D eigenvalue weighted by Gasteiger charge is -2.22. The van der Waals surface area contributed by atoms with E-state index < -0.39 is 5.43 Å². The van der Waals surface area contributed by atoms with Crippen molar-refractivity contribution in [1.82, 2.24) is 9.47 Å². The zero-order chi connectivity index (χ0) is 14.4. The van der Waals surface area contributed by atoms with Crippen molar-refractivity contribution < 1.29 is 10.2 Å². The minimum Gasteiger partial charge on any atom is -0.503 e. The molecule has 1 rings (SSSR count). The van der Waals surface area contributed by atoms with Crippen molar-refractivity contribution in [3.8, 4) is 5.75 Å². The maximum Gasteiger partial charge on any atom is 0.223 e. The second-order valence-electron chi connectivity index (χ2n) is 4.79. The molecule has 0 unspecified atom stereocenters. The van der Waals surface area contributed by atoms with Gasteiger partial charge >= 0.3 is 0 Å². The first kappa shape index (κ1) is 15.7. The van der Waals surface area contributed by atoms with Crippen LogP contribution in [-0.4, -0.2) is 33.3 Å². The van der Waals surface area contributed by atoms with E-state index in [1.54, 1.807) is 4.57 Å². The summed E-state index contributed by atoms with van der Waals surface area (Å²) in [6, 6.07) is 1.30. The number of unbranched alkanes of at least 4 members (excludes halogenated alkanes) is 1. The zero-order valence-corrected chi connectivity index (χ0v) is 12.0. The van der Waals surface area contributed by atoms with E-state index in [9.17, 15) is 15.0 Å². The van der Waals surface area contributed by atoms with Crippen molar-refractivity contribution in [2.45, 2.75) is 46.4 Å². The molecule has 0 radical (unpaired) electrons. The third kappa shape index (κ3) is 3.81. The van der Waals surface area contributed by atoms with Crippen LogP contribution in [0.1, 0.15) is 38.1 Å². The van der Waals surface area contributed by atoms with Crippen LogP contribution in [0.25, 0.3) is 0 Å². The second kappa shape index (κ2) is 7.31. The van der Waals surface area contributed by atoms with Gasteiger partial charge in [-0.1, -0.05) is 13.3 Å². The third-order valence-corrected chi connectivity index (χ3v) is 3.27.